The molecule has 6 aromatic heterocycles. The zero-order chi connectivity index (χ0) is 93.4. The molecule has 0 radical (unpaired) electrons. The maximum absolute atomic E-state index is 9.43. The molecule has 0 saturated carbocycles. The molecular formula is C108H72Cl2N24O4Si3. The van der Waals surface area contributed by atoms with Crippen LogP contribution in [0.3, 0.4) is 0 Å². The summed E-state index contributed by atoms with van der Waals surface area (Å²) in [5, 5.41) is 8.85. The molecule has 33 heteroatoms. The van der Waals surface area contributed by atoms with Crippen molar-refractivity contribution in [3.05, 3.63) is 391 Å². The van der Waals surface area contributed by atoms with Crippen LogP contribution in [0.25, 0.3) is 64.6 Å². The van der Waals surface area contributed by atoms with Gasteiger partial charge >= 0.3 is 24.8 Å². The molecule has 141 heavy (non-hydrogen) atoms. The lowest BCUT2D eigenvalue weighted by Crippen LogP contribution is -2.66. The lowest BCUT2D eigenvalue weighted by Gasteiger charge is -2.40. The second-order valence-corrected chi connectivity index (χ2v) is 47.4. The average molecular weight is 1930 g/mol. The van der Waals surface area contributed by atoms with Crippen molar-refractivity contribution in [2.24, 2.45) is 101 Å². The van der Waals surface area contributed by atoms with E-state index in [9.17, 15) is 22.2 Å². The summed E-state index contributed by atoms with van der Waals surface area (Å²) in [6, 6.07) is 97.3. The van der Waals surface area contributed by atoms with E-state index in [0.717, 1.165) is 110 Å². The number of aliphatic imine (C=N–C) groups is 12. The lowest BCUT2D eigenvalue weighted by atomic mass is 9.90. The quantitative estimate of drug-likeness (QED) is 0.0757. The Kier molecular flexibility index (Phi) is 16.9. The second kappa shape index (κ2) is 29.4. The smallest absolute Gasteiger partial charge is 0.370 e. The number of amidine groups is 12. The van der Waals surface area contributed by atoms with E-state index in [0.29, 0.717) is 172 Å². The van der Waals surface area contributed by atoms with Crippen LogP contribution in [-0.2, 0) is 17.7 Å². The summed E-state index contributed by atoms with van der Waals surface area (Å²) < 4.78 is 46.8. The van der Waals surface area contributed by atoms with Gasteiger partial charge in [0, 0.05) is 169 Å². The Labute approximate surface area is 812 Å². The fourth-order valence-electron chi connectivity index (χ4n) is 21.4. The maximum atomic E-state index is 9.43. The van der Waals surface area contributed by atoms with E-state index in [1.165, 1.54) is 0 Å². The van der Waals surface area contributed by atoms with Gasteiger partial charge in [0.2, 0.25) is 0 Å². The van der Waals surface area contributed by atoms with Crippen LogP contribution in [0.2, 0.25) is 0 Å². The van der Waals surface area contributed by atoms with E-state index in [-0.39, 0.29) is 26.4 Å². The van der Waals surface area contributed by atoms with Gasteiger partial charge in [-0.3, -0.25) is 25.4 Å². The summed E-state index contributed by atoms with van der Waals surface area (Å²) in [6.45, 7) is 8.17. The molecule has 4 unspecified atom stereocenters. The standard InChI is InChI=1S/C108H72Cl2N24O4Si3/c1-5-107(3,55-135-139(109)129-95-71-43-19-20-44-72(71)97(129)119-85-61-33-9-10-34-62(61)86(112-85)120-98-74-46-22-21-45-73(74)96(130(98)139)118-84-60-32-8-7-31-59(60)83(111-84)117-95)57-137-141(133-103-79-51-27-28-52-80(79)105(133)127-93-69-41-17-18-42-70(69)94(116-93)128-106-82-54-30-29-53-81(82)104(134(106)141)126-92-68-40-16-15-39-67(68)91(115-92)125-103)138-58-108(4,6-2)56-136-140(110)131-99-75-47-23-24-48-76(75)101(131)123-89-65-37-13-14-38-66(65)90(114-89)124-102-78-50-26-25-49-77(78)100(132(102)140)122-88-64-36-12-11-35-63(64)87(113-88)121-99/h7-54H,5-6,55-58H2,1-4H3. The number of hydrogen-bond donors (Lipinski definition) is 0. The first-order valence-electron chi connectivity index (χ1n) is 46.9. The number of aromatic nitrogens is 6. The molecule has 12 aromatic carbocycles. The first kappa shape index (κ1) is 80.9. The molecule has 4 atom stereocenters. The number of hydrogen-bond acceptors (Lipinski definition) is 22. The molecule has 674 valence electrons. The van der Waals surface area contributed by atoms with Crippen LogP contribution in [0, 0.1) is 10.8 Å². The number of nitrogens with zero attached hydrogens (tertiary/aromatic N) is 24. The van der Waals surface area contributed by atoms with E-state index < -0.39 is 35.6 Å². The highest BCUT2D eigenvalue weighted by Crippen LogP contribution is 2.51. The van der Waals surface area contributed by atoms with Crippen molar-refractivity contribution in [1.29, 1.82) is 0 Å². The molecule has 0 aliphatic carbocycles. The maximum Gasteiger partial charge on any atom is 0.603 e. The minimum absolute atomic E-state index is 0.105. The normalized spacial score (nSPS) is 19.6. The number of rotatable bonds is 14. The molecule has 18 aromatic rings. The molecule has 0 amide bonds. The molecule has 0 saturated heterocycles. The number of halogens is 2. The SMILES string of the molecule is CCC(C)(CO[Si]1(Cl)n2c3c4ccccc4c2N=C2N=C(N=c4c5ccccc5c(n41)=NC1=NC(=N3)c3ccccc31)c1ccccc12)CO[Si]1(OCC(C)(CC)CO[Si]2(Cl)n3c4c5ccccc5c3N=C3N=C(N=c5c6ccccc6c(n52)=NC2=NC(=N4)c4ccccc42)c2ccccc23)n2c3c4ccccc4c2N=C2N=C(N=c4c5ccccc5c(n41)=NC1=NC(=N3)c3ccccc31)c1ccccc12. The highest BCUT2D eigenvalue weighted by atomic mass is 35.6. The molecular weight excluding hydrogens is 1850 g/mol. The third kappa shape index (κ3) is 11.4. The van der Waals surface area contributed by atoms with Gasteiger partial charge in [0.15, 0.2) is 70.0 Å². The first-order chi connectivity index (χ1) is 69.2. The molecule has 0 fully saturated rings. The van der Waals surface area contributed by atoms with Crippen LogP contribution in [0.4, 0.5) is 34.9 Å². The fraction of sp³-hybridized carbons (Fsp3) is 0.111. The monoisotopic (exact) mass is 1920 g/mol. The Hall–Kier alpha value is -16.2. The Morgan fingerprint density at radius 1 is 0.199 bits per heavy atom. The Bertz CT molecular complexity index is 8950. The summed E-state index contributed by atoms with van der Waals surface area (Å²) in [4.78, 5) is 102. The van der Waals surface area contributed by atoms with Gasteiger partial charge in [0.05, 0.1) is 0 Å². The minimum Gasteiger partial charge on any atom is -0.370 e. The first-order valence-corrected chi connectivity index (χ1v) is 54.2. The van der Waals surface area contributed by atoms with E-state index >= 15 is 0 Å². The molecule has 18 bridgehead atoms. The largest absolute Gasteiger partial charge is 0.603 e. The van der Waals surface area contributed by atoms with Gasteiger partial charge in [0.1, 0.15) is 67.8 Å². The van der Waals surface area contributed by atoms with Gasteiger partial charge in [-0.1, -0.05) is 341 Å². The molecule has 18 heterocycles. The van der Waals surface area contributed by atoms with Gasteiger partial charge in [0.25, 0.3) is 0 Å². The number of fused-ring (bicyclic) bond motifs is 42. The van der Waals surface area contributed by atoms with Crippen molar-refractivity contribution >= 4 is 217 Å². The van der Waals surface area contributed by atoms with Crippen LogP contribution in [0.5, 0.6) is 0 Å². The Balaban J connectivity index is 0.659. The van der Waals surface area contributed by atoms with E-state index in [1.807, 2.05) is 235 Å². The minimum atomic E-state index is -5.26. The van der Waals surface area contributed by atoms with Gasteiger partial charge in [-0.05, 0) is 12.8 Å². The van der Waals surface area contributed by atoms with Crippen molar-refractivity contribution in [2.75, 3.05) is 26.4 Å². The van der Waals surface area contributed by atoms with Crippen molar-refractivity contribution in [2.45, 2.75) is 40.5 Å². The van der Waals surface area contributed by atoms with Crippen LogP contribution < -0.4 is 32.9 Å². The molecule has 30 rings (SSSR count). The zero-order valence-corrected chi connectivity index (χ0v) is 80.1. The van der Waals surface area contributed by atoms with Gasteiger partial charge < -0.3 is 17.7 Å². The van der Waals surface area contributed by atoms with Crippen LogP contribution >= 0.6 is 22.2 Å². The van der Waals surface area contributed by atoms with E-state index in [4.69, 9.17) is 108 Å². The Morgan fingerprint density at radius 3 is 0.560 bits per heavy atom. The van der Waals surface area contributed by atoms with Crippen molar-refractivity contribution in [3.63, 3.8) is 0 Å². The van der Waals surface area contributed by atoms with Crippen LogP contribution in [-0.4, -0.2) is 147 Å². The second-order valence-electron chi connectivity index (χ2n) is 37.4. The number of benzene rings is 12. The van der Waals surface area contributed by atoms with E-state index in [1.54, 1.807) is 0 Å². The summed E-state index contributed by atoms with van der Waals surface area (Å²) >= 11 is 18.9. The molecule has 0 spiro atoms. The predicted octanol–water partition coefficient (Wildman–Crippen LogP) is 17.5. The summed E-state index contributed by atoms with van der Waals surface area (Å²) in [5.41, 5.74) is 9.93. The van der Waals surface area contributed by atoms with E-state index in [2.05, 4.69) is 109 Å². The highest BCUT2D eigenvalue weighted by molar-refractivity contribution is 7.15. The Morgan fingerprint density at radius 2 is 0.362 bits per heavy atom. The third-order valence-electron chi connectivity index (χ3n) is 29.1. The van der Waals surface area contributed by atoms with Gasteiger partial charge in [-0.2, -0.15) is 0 Å². The summed E-state index contributed by atoms with van der Waals surface area (Å²) in [5.74, 6) is 7.90. The topological polar surface area (TPSA) is 289 Å². The van der Waals surface area contributed by atoms with Crippen LogP contribution in [0.1, 0.15) is 107 Å². The fourth-order valence-corrected chi connectivity index (χ4v) is 32.7. The van der Waals surface area contributed by atoms with Crippen molar-refractivity contribution < 1.29 is 17.7 Å². The van der Waals surface area contributed by atoms with Crippen molar-refractivity contribution in [1.82, 2.24) is 25.4 Å². The predicted molar refractivity (Wildman–Crippen MR) is 556 cm³/mol. The van der Waals surface area contributed by atoms with Crippen LogP contribution in [0.15, 0.2) is 381 Å². The van der Waals surface area contributed by atoms with Gasteiger partial charge in [-0.15, -0.1) is 0 Å². The molecule has 0 N–H and O–H groups in total. The lowest BCUT2D eigenvalue weighted by molar-refractivity contribution is 0.0224. The molecule has 12 aliphatic heterocycles. The average Bonchev–Trinajstić information content (AvgIpc) is 1.54. The highest BCUT2D eigenvalue weighted by Gasteiger charge is 2.58. The van der Waals surface area contributed by atoms with Crippen molar-refractivity contribution in [3.8, 4) is 0 Å². The van der Waals surface area contributed by atoms with Gasteiger partial charge in [-0.25, -0.2) is 89.9 Å². The third-order valence-corrected chi connectivity index (χ3v) is 39.7. The molecule has 12 aliphatic rings. The zero-order valence-electron chi connectivity index (χ0n) is 75.6. The summed E-state index contributed by atoms with van der Waals surface area (Å²) in [6.07, 6.45) is 0.813. The molecule has 28 nitrogen and oxygen atoms in total. The summed E-state index contributed by atoms with van der Waals surface area (Å²) in [7, 11) is -14.9.